The number of rotatable bonds is 4. The molecule has 3 rings (SSSR count). The maximum absolute atomic E-state index is 12.8. The third kappa shape index (κ3) is 3.75. The molecule has 1 N–H and O–H groups in total. The van der Waals surface area contributed by atoms with Crippen LogP contribution in [0, 0.1) is 6.92 Å². The number of fused-ring (bicyclic) bond motifs is 1. The Morgan fingerprint density at radius 2 is 1.92 bits per heavy atom. The number of anilines is 1. The number of benzene rings is 2. The van der Waals surface area contributed by atoms with Crippen molar-refractivity contribution < 1.29 is 13.2 Å². The first-order valence-electron chi connectivity index (χ1n) is 8.70. The maximum atomic E-state index is 12.8. The van der Waals surface area contributed by atoms with Crippen molar-refractivity contribution in [3.8, 4) is 0 Å². The Kier molecular flexibility index (Phi) is 5.05. The Hall–Kier alpha value is -2.34. The van der Waals surface area contributed by atoms with Crippen LogP contribution in [-0.4, -0.2) is 27.6 Å². The molecule has 1 atom stereocenters. The standard InChI is InChI=1S/C20H24N2O3S/c1-14-11-12-16(13-19(14)22(2)26(3,24)25)20(23)21-18-10-6-8-15-7-4-5-9-17(15)18/h4-5,7,9,11-13,18H,6,8,10H2,1-3H3,(H,21,23). The van der Waals surface area contributed by atoms with Crippen LogP contribution < -0.4 is 9.62 Å². The Morgan fingerprint density at radius 1 is 1.19 bits per heavy atom. The van der Waals surface area contributed by atoms with Gasteiger partial charge in [-0.15, -0.1) is 0 Å². The second-order valence-corrected chi connectivity index (χ2v) is 8.86. The number of sulfonamides is 1. The van der Waals surface area contributed by atoms with Gasteiger partial charge < -0.3 is 5.32 Å². The Morgan fingerprint density at radius 3 is 2.65 bits per heavy atom. The van der Waals surface area contributed by atoms with Gasteiger partial charge in [-0.3, -0.25) is 9.10 Å². The topological polar surface area (TPSA) is 66.5 Å². The summed E-state index contributed by atoms with van der Waals surface area (Å²) >= 11 is 0. The normalized spacial score (nSPS) is 16.7. The van der Waals surface area contributed by atoms with Crippen LogP contribution in [0.2, 0.25) is 0 Å². The third-order valence-corrected chi connectivity index (χ3v) is 6.17. The number of amides is 1. The number of hydrogen-bond acceptors (Lipinski definition) is 3. The first-order chi connectivity index (χ1) is 12.3. The third-order valence-electron chi connectivity index (χ3n) is 4.98. The van der Waals surface area contributed by atoms with Gasteiger partial charge in [0, 0.05) is 12.6 Å². The zero-order chi connectivity index (χ0) is 18.9. The van der Waals surface area contributed by atoms with Crippen molar-refractivity contribution in [2.45, 2.75) is 32.2 Å². The number of hydrogen-bond donors (Lipinski definition) is 1. The molecule has 26 heavy (non-hydrogen) atoms. The van der Waals surface area contributed by atoms with E-state index >= 15 is 0 Å². The number of carbonyl (C=O) groups excluding carboxylic acids is 1. The molecule has 0 saturated carbocycles. The summed E-state index contributed by atoms with van der Waals surface area (Å²) in [5.41, 5.74) is 4.24. The van der Waals surface area contributed by atoms with E-state index in [4.69, 9.17) is 0 Å². The quantitative estimate of drug-likeness (QED) is 0.896. The second-order valence-electron chi connectivity index (χ2n) is 6.85. The molecule has 1 amide bonds. The molecule has 0 aromatic heterocycles. The van der Waals surface area contributed by atoms with Gasteiger partial charge in [0.05, 0.1) is 18.0 Å². The van der Waals surface area contributed by atoms with Gasteiger partial charge >= 0.3 is 0 Å². The molecule has 0 spiro atoms. The Balaban J connectivity index is 1.86. The van der Waals surface area contributed by atoms with E-state index in [1.165, 1.54) is 22.5 Å². The maximum Gasteiger partial charge on any atom is 0.251 e. The van der Waals surface area contributed by atoms with Crippen LogP contribution in [0.3, 0.4) is 0 Å². The van der Waals surface area contributed by atoms with Gasteiger partial charge in [-0.05, 0) is 55.0 Å². The second kappa shape index (κ2) is 7.11. The average Bonchev–Trinajstić information content (AvgIpc) is 2.61. The lowest BCUT2D eigenvalue weighted by Gasteiger charge is -2.26. The van der Waals surface area contributed by atoms with Crippen molar-refractivity contribution in [1.29, 1.82) is 0 Å². The fourth-order valence-corrected chi connectivity index (χ4v) is 3.97. The predicted molar refractivity (Wildman–Crippen MR) is 104 cm³/mol. The van der Waals surface area contributed by atoms with E-state index in [-0.39, 0.29) is 11.9 Å². The van der Waals surface area contributed by atoms with Gasteiger partial charge in [0.1, 0.15) is 0 Å². The van der Waals surface area contributed by atoms with Crippen LogP contribution in [0.4, 0.5) is 5.69 Å². The van der Waals surface area contributed by atoms with Crippen molar-refractivity contribution in [2.75, 3.05) is 17.6 Å². The fourth-order valence-electron chi connectivity index (χ4n) is 3.41. The summed E-state index contributed by atoms with van der Waals surface area (Å²) in [5.74, 6) is -0.185. The van der Waals surface area contributed by atoms with Crippen molar-refractivity contribution in [1.82, 2.24) is 5.32 Å². The molecule has 0 saturated heterocycles. The van der Waals surface area contributed by atoms with Gasteiger partial charge in [-0.1, -0.05) is 30.3 Å². The van der Waals surface area contributed by atoms with E-state index in [2.05, 4.69) is 17.4 Å². The zero-order valence-corrected chi connectivity index (χ0v) is 16.1. The molecule has 138 valence electrons. The largest absolute Gasteiger partial charge is 0.345 e. The van der Waals surface area contributed by atoms with E-state index in [1.807, 2.05) is 19.1 Å². The molecule has 1 aliphatic carbocycles. The van der Waals surface area contributed by atoms with E-state index in [1.54, 1.807) is 18.2 Å². The van der Waals surface area contributed by atoms with E-state index < -0.39 is 10.0 Å². The molecule has 2 aromatic carbocycles. The Labute approximate surface area is 155 Å². The summed E-state index contributed by atoms with van der Waals surface area (Å²) in [6, 6.07) is 13.3. The van der Waals surface area contributed by atoms with Gasteiger partial charge in [0.2, 0.25) is 10.0 Å². The first-order valence-corrected chi connectivity index (χ1v) is 10.6. The zero-order valence-electron chi connectivity index (χ0n) is 15.3. The smallest absolute Gasteiger partial charge is 0.251 e. The van der Waals surface area contributed by atoms with Crippen molar-refractivity contribution in [3.05, 3.63) is 64.7 Å². The molecular formula is C20H24N2O3S. The van der Waals surface area contributed by atoms with Crippen LogP contribution >= 0.6 is 0 Å². The lowest BCUT2D eigenvalue weighted by Crippen LogP contribution is -2.31. The monoisotopic (exact) mass is 372 g/mol. The minimum Gasteiger partial charge on any atom is -0.345 e. The summed E-state index contributed by atoms with van der Waals surface area (Å²) < 4.78 is 24.9. The molecule has 0 radical (unpaired) electrons. The molecule has 6 heteroatoms. The van der Waals surface area contributed by atoms with Crippen LogP contribution in [0.1, 0.15) is 45.9 Å². The summed E-state index contributed by atoms with van der Waals surface area (Å²) in [4.78, 5) is 12.8. The fraction of sp³-hybridized carbons (Fsp3) is 0.350. The highest BCUT2D eigenvalue weighted by molar-refractivity contribution is 7.92. The van der Waals surface area contributed by atoms with Crippen LogP contribution in [-0.2, 0) is 16.4 Å². The highest BCUT2D eigenvalue weighted by atomic mass is 32.2. The van der Waals surface area contributed by atoms with E-state index in [0.29, 0.717) is 11.3 Å². The minimum atomic E-state index is -3.39. The number of aryl methyl sites for hydroxylation is 2. The lowest BCUT2D eigenvalue weighted by molar-refractivity contribution is 0.0932. The van der Waals surface area contributed by atoms with Gasteiger partial charge in [-0.25, -0.2) is 8.42 Å². The van der Waals surface area contributed by atoms with Crippen LogP contribution in [0.5, 0.6) is 0 Å². The van der Waals surface area contributed by atoms with E-state index in [0.717, 1.165) is 31.1 Å². The molecular weight excluding hydrogens is 348 g/mol. The molecule has 0 aliphatic heterocycles. The van der Waals surface area contributed by atoms with Crippen molar-refractivity contribution >= 4 is 21.6 Å². The first kappa shape index (κ1) is 18.5. The summed E-state index contributed by atoms with van der Waals surface area (Å²) in [7, 11) is -1.89. The highest BCUT2D eigenvalue weighted by Crippen LogP contribution is 2.30. The van der Waals surface area contributed by atoms with Gasteiger partial charge in [0.25, 0.3) is 5.91 Å². The molecule has 5 nitrogen and oxygen atoms in total. The molecule has 0 heterocycles. The van der Waals surface area contributed by atoms with E-state index in [9.17, 15) is 13.2 Å². The van der Waals surface area contributed by atoms with Crippen LogP contribution in [0.25, 0.3) is 0 Å². The minimum absolute atomic E-state index is 0.00941. The van der Waals surface area contributed by atoms with Gasteiger partial charge in [-0.2, -0.15) is 0 Å². The molecule has 1 aliphatic rings. The van der Waals surface area contributed by atoms with Crippen LogP contribution in [0.15, 0.2) is 42.5 Å². The number of carbonyl (C=O) groups is 1. The molecule has 1 unspecified atom stereocenters. The predicted octanol–water partition coefficient (Wildman–Crippen LogP) is 3.20. The van der Waals surface area contributed by atoms with Crippen molar-refractivity contribution in [2.24, 2.45) is 0 Å². The average molecular weight is 372 g/mol. The molecule has 0 fully saturated rings. The lowest BCUT2D eigenvalue weighted by atomic mass is 9.87. The summed E-state index contributed by atoms with van der Waals surface area (Å²) in [6.07, 6.45) is 4.14. The van der Waals surface area contributed by atoms with Gasteiger partial charge in [0.15, 0.2) is 0 Å². The Bertz CT molecular complexity index is 938. The summed E-state index contributed by atoms with van der Waals surface area (Å²) in [5, 5.41) is 3.11. The number of nitrogens with one attached hydrogen (secondary N) is 1. The molecule has 0 bridgehead atoms. The highest BCUT2D eigenvalue weighted by Gasteiger charge is 2.23. The van der Waals surface area contributed by atoms with Crippen molar-refractivity contribution in [3.63, 3.8) is 0 Å². The number of nitrogens with zero attached hydrogens (tertiary/aromatic N) is 1. The SMILES string of the molecule is Cc1ccc(C(=O)NC2CCCc3ccccc32)cc1N(C)S(C)(=O)=O. The molecule has 2 aromatic rings. The summed E-state index contributed by atoms with van der Waals surface area (Å²) in [6.45, 7) is 1.83.